The van der Waals surface area contributed by atoms with Gasteiger partial charge in [-0.3, -0.25) is 0 Å². The van der Waals surface area contributed by atoms with Crippen LogP contribution in [0.15, 0.2) is 36.4 Å². The first kappa shape index (κ1) is 10.1. The fraction of sp³-hybridized carbons (Fsp3) is 0.133. The van der Waals surface area contributed by atoms with Gasteiger partial charge < -0.3 is 5.11 Å². The fourth-order valence-electron chi connectivity index (χ4n) is 2.58. The summed E-state index contributed by atoms with van der Waals surface area (Å²) >= 11 is 0. The van der Waals surface area contributed by atoms with Crippen LogP contribution in [0.4, 0.5) is 0 Å². The van der Waals surface area contributed by atoms with Crippen LogP contribution in [-0.2, 0) is 17.6 Å². The lowest BCUT2D eigenvalue weighted by atomic mass is 10.00. The maximum Gasteiger partial charge on any atom is 0.328 e. The summed E-state index contributed by atoms with van der Waals surface area (Å²) in [4.78, 5) is 10.6. The van der Waals surface area contributed by atoms with Crippen LogP contribution in [0.2, 0.25) is 0 Å². The van der Waals surface area contributed by atoms with Crippen LogP contribution in [-0.4, -0.2) is 11.1 Å². The standard InChI is InChI=1S/C15H12O2/c16-14(17)9-8-10-4-5-12-7-6-11-2-1-3-13(10)15(11)12/h1-5,8-9H,6-7H2,(H,16,17)/b9-8+. The molecule has 1 aliphatic rings. The minimum Gasteiger partial charge on any atom is -0.478 e. The molecule has 1 aliphatic carbocycles. The number of carboxylic acids is 1. The maximum absolute atomic E-state index is 10.6. The Morgan fingerprint density at radius 3 is 2.65 bits per heavy atom. The number of aliphatic carboxylic acids is 1. The first-order valence-corrected chi connectivity index (χ1v) is 5.70. The van der Waals surface area contributed by atoms with Crippen LogP contribution in [0.1, 0.15) is 16.7 Å². The third kappa shape index (κ3) is 1.62. The summed E-state index contributed by atoms with van der Waals surface area (Å²) < 4.78 is 0. The number of aryl methyl sites for hydroxylation is 2. The van der Waals surface area contributed by atoms with Crippen molar-refractivity contribution in [3.8, 4) is 0 Å². The summed E-state index contributed by atoms with van der Waals surface area (Å²) in [5.74, 6) is -0.909. The lowest BCUT2D eigenvalue weighted by Crippen LogP contribution is -1.87. The van der Waals surface area contributed by atoms with Crippen LogP contribution in [0.5, 0.6) is 0 Å². The van der Waals surface area contributed by atoms with Gasteiger partial charge in [0.05, 0.1) is 0 Å². The van der Waals surface area contributed by atoms with Crippen molar-refractivity contribution in [3.63, 3.8) is 0 Å². The van der Waals surface area contributed by atoms with Crippen LogP contribution in [0.3, 0.4) is 0 Å². The van der Waals surface area contributed by atoms with Crippen molar-refractivity contribution in [2.45, 2.75) is 12.8 Å². The highest BCUT2D eigenvalue weighted by atomic mass is 16.4. The smallest absolute Gasteiger partial charge is 0.328 e. The largest absolute Gasteiger partial charge is 0.478 e. The van der Waals surface area contributed by atoms with Gasteiger partial charge >= 0.3 is 5.97 Å². The fourth-order valence-corrected chi connectivity index (χ4v) is 2.58. The molecule has 17 heavy (non-hydrogen) atoms. The van der Waals surface area contributed by atoms with Gasteiger partial charge in [-0.1, -0.05) is 30.3 Å². The van der Waals surface area contributed by atoms with Gasteiger partial charge in [-0.05, 0) is 46.4 Å². The predicted molar refractivity (Wildman–Crippen MR) is 68.0 cm³/mol. The lowest BCUT2D eigenvalue weighted by Gasteiger charge is -2.05. The van der Waals surface area contributed by atoms with Crippen molar-refractivity contribution in [2.24, 2.45) is 0 Å². The van der Waals surface area contributed by atoms with Gasteiger partial charge in [0, 0.05) is 6.08 Å². The summed E-state index contributed by atoms with van der Waals surface area (Å²) in [5.41, 5.74) is 3.74. The molecule has 2 aromatic carbocycles. The first-order chi connectivity index (χ1) is 8.25. The Hall–Kier alpha value is -2.09. The zero-order chi connectivity index (χ0) is 11.8. The Morgan fingerprint density at radius 2 is 1.88 bits per heavy atom. The van der Waals surface area contributed by atoms with E-state index in [-0.39, 0.29) is 0 Å². The average molecular weight is 224 g/mol. The molecule has 0 heterocycles. The normalized spacial score (nSPS) is 13.6. The molecule has 0 spiro atoms. The van der Waals surface area contributed by atoms with E-state index in [1.807, 2.05) is 12.1 Å². The summed E-state index contributed by atoms with van der Waals surface area (Å²) in [6, 6.07) is 10.4. The third-order valence-electron chi connectivity index (χ3n) is 3.32. The predicted octanol–water partition coefficient (Wildman–Crippen LogP) is 3.04. The van der Waals surface area contributed by atoms with Crippen LogP contribution in [0.25, 0.3) is 16.8 Å². The Morgan fingerprint density at radius 1 is 1.12 bits per heavy atom. The molecule has 2 aromatic rings. The molecule has 0 atom stereocenters. The molecular weight excluding hydrogens is 212 g/mol. The van der Waals surface area contributed by atoms with Gasteiger partial charge in [0.2, 0.25) is 0 Å². The van der Waals surface area contributed by atoms with Gasteiger partial charge in [-0.2, -0.15) is 0 Å². The minimum absolute atomic E-state index is 0.909. The summed E-state index contributed by atoms with van der Waals surface area (Å²) in [5, 5.41) is 11.2. The van der Waals surface area contributed by atoms with Gasteiger partial charge in [-0.25, -0.2) is 4.79 Å². The van der Waals surface area contributed by atoms with E-state index in [9.17, 15) is 4.79 Å². The van der Waals surface area contributed by atoms with E-state index in [4.69, 9.17) is 5.11 Å². The molecule has 0 saturated carbocycles. The molecule has 0 radical (unpaired) electrons. The molecule has 2 nitrogen and oxygen atoms in total. The highest BCUT2D eigenvalue weighted by Gasteiger charge is 2.14. The summed E-state index contributed by atoms with van der Waals surface area (Å²) in [6.45, 7) is 0. The molecule has 0 amide bonds. The van der Waals surface area contributed by atoms with Gasteiger partial charge in [-0.15, -0.1) is 0 Å². The molecule has 1 N–H and O–H groups in total. The molecule has 84 valence electrons. The number of hydrogen-bond acceptors (Lipinski definition) is 1. The molecule has 2 heteroatoms. The highest BCUT2D eigenvalue weighted by molar-refractivity contribution is 5.98. The molecule has 0 unspecified atom stereocenters. The first-order valence-electron chi connectivity index (χ1n) is 5.70. The SMILES string of the molecule is O=C(O)/C=C/c1ccc2c3c(cccc13)CC2. The zero-order valence-corrected chi connectivity index (χ0v) is 9.31. The number of benzene rings is 2. The number of hydrogen-bond donors (Lipinski definition) is 1. The highest BCUT2D eigenvalue weighted by Crippen LogP contribution is 2.33. The van der Waals surface area contributed by atoms with Crippen molar-refractivity contribution in [3.05, 3.63) is 53.1 Å². The number of carboxylic acid groups (broad SMARTS) is 1. The van der Waals surface area contributed by atoms with Crippen molar-refractivity contribution in [1.82, 2.24) is 0 Å². The number of carbonyl (C=O) groups is 1. The maximum atomic E-state index is 10.6. The molecule has 0 saturated heterocycles. The van der Waals surface area contributed by atoms with Crippen LogP contribution in [0, 0.1) is 0 Å². The van der Waals surface area contributed by atoms with E-state index in [1.165, 1.54) is 22.6 Å². The van der Waals surface area contributed by atoms with Crippen molar-refractivity contribution < 1.29 is 9.90 Å². The van der Waals surface area contributed by atoms with Gasteiger partial charge in [0.15, 0.2) is 0 Å². The van der Waals surface area contributed by atoms with E-state index < -0.39 is 5.97 Å². The average Bonchev–Trinajstić information content (AvgIpc) is 2.74. The van der Waals surface area contributed by atoms with Crippen LogP contribution < -0.4 is 0 Å². The van der Waals surface area contributed by atoms with Crippen molar-refractivity contribution >= 4 is 22.8 Å². The second-order valence-corrected chi connectivity index (χ2v) is 4.33. The van der Waals surface area contributed by atoms with Gasteiger partial charge in [0.1, 0.15) is 0 Å². The molecule has 0 aliphatic heterocycles. The number of rotatable bonds is 2. The molecule has 3 rings (SSSR count). The van der Waals surface area contributed by atoms with Crippen LogP contribution >= 0.6 is 0 Å². The molecule has 0 aromatic heterocycles. The summed E-state index contributed by atoms with van der Waals surface area (Å²) in [7, 11) is 0. The zero-order valence-electron chi connectivity index (χ0n) is 9.31. The Bertz CT molecular complexity index is 628. The monoisotopic (exact) mass is 224 g/mol. The molecular formula is C15H12O2. The van der Waals surface area contributed by atoms with E-state index in [0.29, 0.717) is 0 Å². The van der Waals surface area contributed by atoms with Crippen molar-refractivity contribution in [1.29, 1.82) is 0 Å². The van der Waals surface area contributed by atoms with Gasteiger partial charge in [0.25, 0.3) is 0 Å². The minimum atomic E-state index is -0.909. The second kappa shape index (κ2) is 3.74. The van der Waals surface area contributed by atoms with E-state index >= 15 is 0 Å². The summed E-state index contributed by atoms with van der Waals surface area (Å²) in [6.07, 6.45) is 5.06. The molecule has 0 bridgehead atoms. The Labute approximate surface area is 99.2 Å². The third-order valence-corrected chi connectivity index (χ3v) is 3.32. The topological polar surface area (TPSA) is 37.3 Å². The second-order valence-electron chi connectivity index (χ2n) is 4.33. The van der Waals surface area contributed by atoms with E-state index in [2.05, 4.69) is 18.2 Å². The lowest BCUT2D eigenvalue weighted by molar-refractivity contribution is -0.131. The van der Waals surface area contributed by atoms with Crippen molar-refractivity contribution in [2.75, 3.05) is 0 Å². The molecule has 0 fully saturated rings. The Balaban J connectivity index is 2.25. The van der Waals surface area contributed by atoms with E-state index in [0.717, 1.165) is 23.8 Å². The quantitative estimate of drug-likeness (QED) is 0.796. The van der Waals surface area contributed by atoms with E-state index in [1.54, 1.807) is 6.08 Å². The Kier molecular flexibility index (Phi) is 2.22.